The zero-order chi connectivity index (χ0) is 28.2. The number of hydrogen-bond donors (Lipinski definition) is 1. The molecule has 0 saturated carbocycles. The number of nitrogens with one attached hydrogen (secondary N) is 1. The van der Waals surface area contributed by atoms with Gasteiger partial charge in [-0.15, -0.1) is 5.10 Å². The fraction of sp³-hybridized carbons (Fsp3) is 0.241. The van der Waals surface area contributed by atoms with Crippen LogP contribution in [-0.4, -0.2) is 65.9 Å². The van der Waals surface area contributed by atoms with Gasteiger partial charge < -0.3 is 19.9 Å². The van der Waals surface area contributed by atoms with Gasteiger partial charge in [0, 0.05) is 31.9 Å². The molecule has 41 heavy (non-hydrogen) atoms. The molecule has 2 unspecified atom stereocenters. The molecular formula is C29H26FN9O2. The molecule has 3 aliphatic rings. The summed E-state index contributed by atoms with van der Waals surface area (Å²) in [5.41, 5.74) is 4.79. The maximum Gasteiger partial charge on any atom is 0.282 e. The second-order valence-electron chi connectivity index (χ2n) is 10.4. The van der Waals surface area contributed by atoms with Crippen LogP contribution in [0, 0.1) is 6.92 Å². The average molecular weight is 552 g/mol. The lowest BCUT2D eigenvalue weighted by molar-refractivity contribution is -0.143. The second-order valence-corrected chi connectivity index (χ2v) is 10.4. The molecule has 3 fully saturated rings. The van der Waals surface area contributed by atoms with E-state index >= 15 is 0 Å². The Hall–Kier alpha value is -5.13. The number of hydrogen-bond acceptors (Lipinski definition) is 9. The minimum absolute atomic E-state index is 0.0536. The Labute approximate surface area is 234 Å². The van der Waals surface area contributed by atoms with E-state index in [-0.39, 0.29) is 12.1 Å². The van der Waals surface area contributed by atoms with Gasteiger partial charge in [-0.3, -0.25) is 4.79 Å². The van der Waals surface area contributed by atoms with Crippen molar-refractivity contribution in [3.05, 3.63) is 72.8 Å². The number of piperidine rings is 1. The molecule has 6 heterocycles. The number of benzene rings is 2. The number of aromatic nitrogens is 6. The molecule has 5 aromatic rings. The number of fused-ring (bicyclic) bond motifs is 4. The van der Waals surface area contributed by atoms with E-state index in [4.69, 9.17) is 9.72 Å². The van der Waals surface area contributed by atoms with Crippen LogP contribution >= 0.6 is 0 Å². The molecule has 0 spiro atoms. The number of nitrogens with zero attached hydrogens (tertiary/aromatic N) is 8. The normalized spacial score (nSPS) is 17.9. The molecule has 206 valence electrons. The third kappa shape index (κ3) is 4.37. The van der Waals surface area contributed by atoms with Crippen LogP contribution in [0.2, 0.25) is 0 Å². The van der Waals surface area contributed by atoms with E-state index in [1.807, 2.05) is 62.5 Å². The summed E-state index contributed by atoms with van der Waals surface area (Å²) in [6, 6.07) is 15.2. The first kappa shape index (κ1) is 24.9. The number of halogens is 1. The molecule has 3 aliphatic heterocycles. The molecule has 12 heteroatoms. The predicted octanol–water partition coefficient (Wildman–Crippen LogP) is 4.42. The first-order chi connectivity index (χ1) is 19.8. The molecule has 2 bridgehead atoms. The highest BCUT2D eigenvalue weighted by Crippen LogP contribution is 2.36. The first-order valence-corrected chi connectivity index (χ1v) is 13.2. The standard InChI is InChI=1S/C29H26FN9O2/c1-16-10-18(4-8-25(16)41-21-5-7-24-23(12-21)35-36-37(24)3)33-28-27-22(31-15-32-28)6-9-26(34-27)38-13-19-11-20(14-38)39(19)29(40)17(2)30/h4-10,12,15,19-20H,2,11,13-14H2,1,3H3,(H,31,32,33). The lowest BCUT2D eigenvalue weighted by Crippen LogP contribution is -2.70. The predicted molar refractivity (Wildman–Crippen MR) is 152 cm³/mol. The van der Waals surface area contributed by atoms with E-state index in [1.165, 1.54) is 6.33 Å². The monoisotopic (exact) mass is 551 g/mol. The van der Waals surface area contributed by atoms with Crippen molar-refractivity contribution in [1.29, 1.82) is 0 Å². The summed E-state index contributed by atoms with van der Waals surface area (Å²) in [7, 11) is 1.85. The van der Waals surface area contributed by atoms with E-state index in [1.54, 1.807) is 9.58 Å². The summed E-state index contributed by atoms with van der Waals surface area (Å²) < 4.78 is 21.3. The van der Waals surface area contributed by atoms with Crippen LogP contribution in [0.4, 0.5) is 21.7 Å². The van der Waals surface area contributed by atoms with Gasteiger partial charge in [0.05, 0.1) is 23.1 Å². The second kappa shape index (κ2) is 9.51. The molecule has 0 radical (unpaired) electrons. The van der Waals surface area contributed by atoms with E-state index in [9.17, 15) is 9.18 Å². The molecule has 1 N–H and O–H groups in total. The maximum atomic E-state index is 13.4. The zero-order valence-electron chi connectivity index (χ0n) is 22.5. The molecule has 3 aromatic heterocycles. The SMILES string of the molecule is C=C(F)C(=O)N1C2CC1CN(c1ccc3ncnc(Nc4ccc(Oc5ccc6c(c5)nnn6C)c(C)c4)c3n1)C2. The summed E-state index contributed by atoms with van der Waals surface area (Å²) in [4.78, 5) is 29.6. The van der Waals surface area contributed by atoms with Crippen LogP contribution in [0.5, 0.6) is 11.5 Å². The maximum absolute atomic E-state index is 13.4. The lowest BCUT2D eigenvalue weighted by atomic mass is 9.87. The van der Waals surface area contributed by atoms with Crippen LogP contribution < -0.4 is 15.0 Å². The van der Waals surface area contributed by atoms with Gasteiger partial charge in [0.1, 0.15) is 34.7 Å². The summed E-state index contributed by atoms with van der Waals surface area (Å²) in [6.07, 6.45) is 2.36. The zero-order valence-corrected chi connectivity index (χ0v) is 22.5. The summed E-state index contributed by atoms with van der Waals surface area (Å²) >= 11 is 0. The molecule has 11 nitrogen and oxygen atoms in total. The highest BCUT2D eigenvalue weighted by Gasteiger charge is 2.48. The van der Waals surface area contributed by atoms with E-state index in [2.05, 4.69) is 37.1 Å². The average Bonchev–Trinajstić information content (AvgIpc) is 3.34. The van der Waals surface area contributed by atoms with Gasteiger partial charge in [-0.05, 0) is 61.4 Å². The molecular weight excluding hydrogens is 525 g/mol. The van der Waals surface area contributed by atoms with Crippen molar-refractivity contribution in [1.82, 2.24) is 34.8 Å². The summed E-state index contributed by atoms with van der Waals surface area (Å²) in [5, 5.41) is 11.6. The summed E-state index contributed by atoms with van der Waals surface area (Å²) in [5.74, 6) is 1.21. The van der Waals surface area contributed by atoms with E-state index in [0.29, 0.717) is 35.7 Å². The highest BCUT2D eigenvalue weighted by molar-refractivity contribution is 5.92. The highest BCUT2D eigenvalue weighted by atomic mass is 19.1. The molecule has 8 rings (SSSR count). The van der Waals surface area contributed by atoms with Gasteiger partial charge in [-0.25, -0.2) is 24.0 Å². The minimum Gasteiger partial charge on any atom is -0.457 e. The lowest BCUT2D eigenvalue weighted by Gasteiger charge is -2.56. The minimum atomic E-state index is -0.914. The number of amides is 1. The van der Waals surface area contributed by atoms with Crippen LogP contribution in [0.1, 0.15) is 12.0 Å². The number of carbonyl (C=O) groups excluding carboxylic acids is 1. The first-order valence-electron chi connectivity index (χ1n) is 13.2. The Morgan fingerprint density at radius 2 is 1.90 bits per heavy atom. The van der Waals surface area contributed by atoms with Crippen molar-refractivity contribution in [2.24, 2.45) is 7.05 Å². The van der Waals surface area contributed by atoms with Gasteiger partial charge in [0.25, 0.3) is 5.91 Å². The Bertz CT molecular complexity index is 1840. The van der Waals surface area contributed by atoms with Gasteiger partial charge >= 0.3 is 0 Å². The van der Waals surface area contributed by atoms with Gasteiger partial charge in [0.15, 0.2) is 11.6 Å². The van der Waals surface area contributed by atoms with Crippen molar-refractivity contribution in [2.75, 3.05) is 23.3 Å². The number of rotatable bonds is 6. The van der Waals surface area contributed by atoms with E-state index < -0.39 is 11.7 Å². The molecule has 1 amide bonds. The number of aryl methyl sites for hydroxylation is 2. The largest absolute Gasteiger partial charge is 0.457 e. The number of ether oxygens (including phenoxy) is 1. The number of carbonyl (C=O) groups is 1. The van der Waals surface area contributed by atoms with E-state index in [0.717, 1.165) is 40.3 Å². The van der Waals surface area contributed by atoms with Crippen LogP contribution in [0.25, 0.3) is 22.1 Å². The van der Waals surface area contributed by atoms with Crippen molar-refractivity contribution in [2.45, 2.75) is 25.4 Å². The molecule has 3 saturated heterocycles. The Morgan fingerprint density at radius 1 is 1.07 bits per heavy atom. The van der Waals surface area contributed by atoms with Gasteiger partial charge in [-0.1, -0.05) is 11.8 Å². The van der Waals surface area contributed by atoms with Crippen molar-refractivity contribution in [3.8, 4) is 11.5 Å². The fourth-order valence-corrected chi connectivity index (χ4v) is 5.66. The number of anilines is 3. The van der Waals surface area contributed by atoms with Gasteiger partial charge in [0.2, 0.25) is 0 Å². The molecule has 2 atom stereocenters. The smallest absolute Gasteiger partial charge is 0.282 e. The Kier molecular flexibility index (Phi) is 5.77. The van der Waals surface area contributed by atoms with Crippen LogP contribution in [-0.2, 0) is 11.8 Å². The third-order valence-electron chi connectivity index (χ3n) is 7.70. The van der Waals surface area contributed by atoms with Crippen molar-refractivity contribution < 1.29 is 13.9 Å². The van der Waals surface area contributed by atoms with Crippen LogP contribution in [0.3, 0.4) is 0 Å². The quantitative estimate of drug-likeness (QED) is 0.306. The summed E-state index contributed by atoms with van der Waals surface area (Å²) in [6.45, 7) is 6.30. The topological polar surface area (TPSA) is 114 Å². The van der Waals surface area contributed by atoms with Crippen molar-refractivity contribution >= 4 is 45.3 Å². The van der Waals surface area contributed by atoms with Crippen LogP contribution in [0.15, 0.2) is 67.3 Å². The Morgan fingerprint density at radius 3 is 2.68 bits per heavy atom. The van der Waals surface area contributed by atoms with Crippen molar-refractivity contribution in [3.63, 3.8) is 0 Å². The number of pyridine rings is 1. The molecule has 2 aromatic carbocycles. The fourth-order valence-electron chi connectivity index (χ4n) is 5.66. The number of piperazine rings is 1. The third-order valence-corrected chi connectivity index (χ3v) is 7.70. The van der Waals surface area contributed by atoms with Gasteiger partial charge in [-0.2, -0.15) is 0 Å². The molecule has 0 aliphatic carbocycles. The Balaban J connectivity index is 1.10.